The van der Waals surface area contributed by atoms with Crippen molar-refractivity contribution in [2.24, 2.45) is 0 Å². The highest BCUT2D eigenvalue weighted by molar-refractivity contribution is 8.45. The van der Waals surface area contributed by atoms with E-state index in [-0.39, 0.29) is 37.1 Å². The van der Waals surface area contributed by atoms with Crippen LogP contribution in [0.4, 0.5) is 38.3 Å². The second kappa shape index (κ2) is 11.7. The predicted molar refractivity (Wildman–Crippen MR) is 158 cm³/mol. The molecule has 0 bridgehead atoms. The van der Waals surface area contributed by atoms with Crippen LogP contribution in [0.1, 0.15) is 55.2 Å². The first-order chi connectivity index (χ1) is 21.9. The summed E-state index contributed by atoms with van der Waals surface area (Å²) in [5.41, 5.74) is -0.0558. The number of anilines is 1. The fourth-order valence-corrected chi connectivity index (χ4v) is 6.78. The zero-order chi connectivity index (χ0) is 34.3. The van der Waals surface area contributed by atoms with Crippen LogP contribution in [-0.4, -0.2) is 46.2 Å². The third-order valence-electron chi connectivity index (χ3n) is 8.42. The zero-order valence-electron chi connectivity index (χ0n) is 24.5. The Labute approximate surface area is 264 Å². The number of nitrogens with zero attached hydrogens (tertiary/aromatic N) is 4. The normalized spacial score (nSPS) is 22.0. The van der Waals surface area contributed by atoms with Gasteiger partial charge >= 0.3 is 10.2 Å². The largest absolute Gasteiger partial charge is 0.351 e. The van der Waals surface area contributed by atoms with Crippen molar-refractivity contribution >= 4 is 27.7 Å². The number of hydrogen-bond acceptors (Lipinski definition) is 5. The number of carbonyl (C=O) groups is 2. The maximum absolute atomic E-state index is 14.7. The van der Waals surface area contributed by atoms with Crippen molar-refractivity contribution in [2.45, 2.75) is 67.0 Å². The maximum atomic E-state index is 14.7. The van der Waals surface area contributed by atoms with Gasteiger partial charge in [-0.05, 0) is 55.2 Å². The molecule has 16 heteroatoms. The van der Waals surface area contributed by atoms with E-state index < -0.39 is 81.2 Å². The Morgan fingerprint density at radius 1 is 0.979 bits per heavy atom. The van der Waals surface area contributed by atoms with Crippen molar-refractivity contribution in [3.63, 3.8) is 0 Å². The lowest BCUT2D eigenvalue weighted by molar-refractivity contribution is -0.129. The molecule has 1 N–H and O–H groups in total. The van der Waals surface area contributed by atoms with Gasteiger partial charge in [0.15, 0.2) is 6.19 Å². The van der Waals surface area contributed by atoms with Gasteiger partial charge in [0.1, 0.15) is 22.8 Å². The van der Waals surface area contributed by atoms with E-state index in [1.807, 2.05) is 6.19 Å². The van der Waals surface area contributed by atoms with Crippen LogP contribution in [0.5, 0.6) is 0 Å². The first-order valence-corrected chi connectivity index (χ1v) is 16.5. The molecular weight excluding hydrogens is 658 g/mol. The third kappa shape index (κ3) is 7.61. The van der Waals surface area contributed by atoms with E-state index in [9.17, 15) is 47.5 Å². The number of nitriles is 1. The molecule has 5 rings (SSSR count). The average molecular weight is 688 g/mol. The van der Waals surface area contributed by atoms with Gasteiger partial charge in [0, 0.05) is 48.8 Å². The minimum Gasteiger partial charge on any atom is -0.351 e. The highest BCUT2D eigenvalue weighted by Gasteiger charge is 2.65. The molecule has 3 aromatic rings. The van der Waals surface area contributed by atoms with Gasteiger partial charge in [-0.15, -0.1) is 0 Å². The van der Waals surface area contributed by atoms with Crippen LogP contribution in [0.2, 0.25) is 0 Å². The number of rotatable bonds is 8. The summed E-state index contributed by atoms with van der Waals surface area (Å²) in [5.74, 6) is -6.52. The van der Waals surface area contributed by atoms with E-state index in [1.54, 1.807) is 30.3 Å². The van der Waals surface area contributed by atoms with Gasteiger partial charge in [-0.25, -0.2) is 13.2 Å². The molecule has 0 spiro atoms. The van der Waals surface area contributed by atoms with Crippen molar-refractivity contribution in [2.75, 3.05) is 11.4 Å². The molecule has 2 aliphatic rings. The summed E-state index contributed by atoms with van der Waals surface area (Å²) in [5, 5.41) is 12.5. The first kappa shape index (κ1) is 34.0. The van der Waals surface area contributed by atoms with Crippen LogP contribution in [0.25, 0.3) is 0 Å². The second-order valence-corrected chi connectivity index (χ2v) is 14.1. The Bertz CT molecular complexity index is 1680. The first-order valence-electron chi connectivity index (χ1n) is 14.5. The molecule has 2 fully saturated rings. The predicted octanol–water partition coefficient (Wildman–Crippen LogP) is 7.99. The van der Waals surface area contributed by atoms with Crippen molar-refractivity contribution in [3.05, 3.63) is 90.0 Å². The minimum absolute atomic E-state index is 0.0740. The number of carbonyl (C=O) groups excluding carboxylic acids is 2. The van der Waals surface area contributed by atoms with Gasteiger partial charge in [0.05, 0.1) is 6.20 Å². The van der Waals surface area contributed by atoms with Crippen molar-refractivity contribution in [1.82, 2.24) is 15.2 Å². The molecule has 252 valence electrons. The lowest BCUT2D eigenvalue weighted by atomic mass is 9.89. The second-order valence-electron chi connectivity index (χ2n) is 11.7. The van der Waals surface area contributed by atoms with Crippen LogP contribution >= 0.6 is 10.2 Å². The molecule has 1 saturated carbocycles. The lowest BCUT2D eigenvalue weighted by Crippen LogP contribution is -2.53. The Kier molecular flexibility index (Phi) is 8.45. The molecule has 2 amide bonds. The Morgan fingerprint density at radius 2 is 1.62 bits per heavy atom. The van der Waals surface area contributed by atoms with Crippen LogP contribution < -0.4 is 10.2 Å². The summed E-state index contributed by atoms with van der Waals surface area (Å²) in [6.45, 7) is 0.0954. The number of likely N-dealkylation sites (tertiary alicyclic amines) is 1. The summed E-state index contributed by atoms with van der Waals surface area (Å²) in [6.07, 6.45) is 2.70. The minimum atomic E-state index is -10.2. The van der Waals surface area contributed by atoms with Gasteiger partial charge in [-0.3, -0.25) is 24.4 Å². The molecule has 7 nitrogen and oxygen atoms in total. The number of nitrogens with one attached hydrogen (secondary N) is 1. The number of halogens is 8. The van der Waals surface area contributed by atoms with Crippen LogP contribution in [0, 0.1) is 17.3 Å². The van der Waals surface area contributed by atoms with Crippen molar-refractivity contribution in [1.29, 1.82) is 5.26 Å². The van der Waals surface area contributed by atoms with Gasteiger partial charge in [-0.2, -0.15) is 5.26 Å². The molecule has 0 radical (unpaired) electrons. The Hall–Kier alpha value is -4.39. The molecule has 1 aromatic heterocycles. The SMILES string of the molecule is N#CN1CCC(c2ccccc2)[C@@H]1C(=O)N(c1ccc(S(F)(F)(F)(F)F)cc1)C(C(=O)NC1CCC(F)(F)CC1)c1cncc(F)c1. The molecular formula is C31H29F8N5O2S. The Balaban J connectivity index is 1.65. The molecule has 3 atom stereocenters. The highest BCUT2D eigenvalue weighted by atomic mass is 32.5. The number of benzene rings is 2. The van der Waals surface area contributed by atoms with E-state index in [0.717, 1.165) is 28.3 Å². The molecule has 1 aliphatic carbocycles. The summed E-state index contributed by atoms with van der Waals surface area (Å²) in [6, 6.07) is 6.74. The molecule has 1 saturated heterocycles. The third-order valence-corrected chi connectivity index (χ3v) is 9.58. The van der Waals surface area contributed by atoms with E-state index in [0.29, 0.717) is 24.1 Å². The van der Waals surface area contributed by atoms with E-state index in [2.05, 4.69) is 10.3 Å². The number of alkyl halides is 2. The monoisotopic (exact) mass is 687 g/mol. The van der Waals surface area contributed by atoms with E-state index in [1.165, 1.54) is 0 Å². The topological polar surface area (TPSA) is 89.3 Å². The summed E-state index contributed by atoms with van der Waals surface area (Å²) < 4.78 is 110. The Morgan fingerprint density at radius 3 is 2.19 bits per heavy atom. The van der Waals surface area contributed by atoms with Crippen LogP contribution in [0.3, 0.4) is 0 Å². The summed E-state index contributed by atoms with van der Waals surface area (Å²) >= 11 is 0. The quantitative estimate of drug-likeness (QED) is 0.192. The molecule has 1 aliphatic heterocycles. The maximum Gasteiger partial charge on any atom is 0.310 e. The van der Waals surface area contributed by atoms with Gasteiger partial charge < -0.3 is 5.32 Å². The van der Waals surface area contributed by atoms with Crippen LogP contribution in [-0.2, 0) is 9.59 Å². The van der Waals surface area contributed by atoms with Crippen LogP contribution in [0.15, 0.2) is 78.0 Å². The summed E-state index contributed by atoms with van der Waals surface area (Å²) in [4.78, 5) is 32.1. The number of amides is 2. The number of pyridine rings is 1. The average Bonchev–Trinajstić information content (AvgIpc) is 3.44. The molecule has 2 unspecified atom stereocenters. The molecule has 2 heterocycles. The van der Waals surface area contributed by atoms with Gasteiger partial charge in [0.2, 0.25) is 11.8 Å². The lowest BCUT2D eigenvalue weighted by Gasteiger charge is -2.41. The molecule has 47 heavy (non-hydrogen) atoms. The fraction of sp³-hybridized carbons (Fsp3) is 0.355. The molecule has 2 aromatic carbocycles. The highest BCUT2D eigenvalue weighted by Crippen LogP contribution is 3.02. The van der Waals surface area contributed by atoms with Gasteiger partial charge in [0.25, 0.3) is 5.91 Å². The van der Waals surface area contributed by atoms with Gasteiger partial charge in [-0.1, -0.05) is 49.8 Å². The number of aromatic nitrogens is 1. The van der Waals surface area contributed by atoms with E-state index >= 15 is 0 Å². The summed E-state index contributed by atoms with van der Waals surface area (Å²) in [7, 11) is -10.2. The fourth-order valence-electron chi connectivity index (χ4n) is 6.13. The van der Waals surface area contributed by atoms with E-state index in [4.69, 9.17) is 0 Å². The zero-order valence-corrected chi connectivity index (χ0v) is 25.3. The standard InChI is InChI=1S/C31H29F8N5O2S/c32-22-16-21(17-41-18-22)27(29(45)42-23-10-13-31(33,34)14-11-23)44(24-6-8-25(9-7-24)47(35,36,37,38)39)30(46)28-26(12-15-43(28)19-40)20-4-2-1-3-5-20/h1-9,16-18,23,26-28H,10-15H2,(H,42,45)/t26?,27?,28-/m1/s1. The van der Waals surface area contributed by atoms with Crippen molar-refractivity contribution in [3.8, 4) is 6.19 Å². The smallest absolute Gasteiger partial charge is 0.310 e. The van der Waals surface area contributed by atoms with Crippen molar-refractivity contribution < 1.29 is 42.2 Å². The number of hydrogen-bond donors (Lipinski definition) is 1.